The summed E-state index contributed by atoms with van der Waals surface area (Å²) >= 11 is 7.67. The van der Waals surface area contributed by atoms with E-state index in [0.717, 1.165) is 47.5 Å². The van der Waals surface area contributed by atoms with Crippen molar-refractivity contribution in [2.75, 3.05) is 20.2 Å². The number of aliphatic imine (C=N–C) groups is 1. The van der Waals surface area contributed by atoms with Gasteiger partial charge in [-0.3, -0.25) is 0 Å². The fourth-order valence-electron chi connectivity index (χ4n) is 2.19. The molecule has 25 heavy (non-hydrogen) atoms. The van der Waals surface area contributed by atoms with Crippen LogP contribution in [0.15, 0.2) is 28.6 Å². The summed E-state index contributed by atoms with van der Waals surface area (Å²) in [4.78, 5) is 9.08. The van der Waals surface area contributed by atoms with E-state index >= 15 is 0 Å². The Morgan fingerprint density at radius 1 is 1.36 bits per heavy atom. The number of halogens is 2. The number of methoxy groups -OCH3 is 1. The van der Waals surface area contributed by atoms with Gasteiger partial charge >= 0.3 is 0 Å². The molecule has 8 heteroatoms. The van der Waals surface area contributed by atoms with E-state index in [1.807, 2.05) is 26.0 Å². The third kappa shape index (κ3) is 7.37. The Morgan fingerprint density at radius 3 is 2.80 bits per heavy atom. The SMILES string of the molecule is CCNC(=NCc1ccc(Cl)cc1OC)NCCc1csc(C)n1.I. The lowest BCUT2D eigenvalue weighted by molar-refractivity contribution is 0.410. The fourth-order valence-corrected chi connectivity index (χ4v) is 3.00. The second-order valence-corrected chi connectivity index (χ2v) is 6.68. The molecule has 1 heterocycles. The maximum atomic E-state index is 5.99. The van der Waals surface area contributed by atoms with Gasteiger partial charge in [0, 0.05) is 35.5 Å². The highest BCUT2D eigenvalue weighted by atomic mass is 127. The molecule has 0 saturated heterocycles. The van der Waals surface area contributed by atoms with Crippen LogP contribution in [0.2, 0.25) is 5.02 Å². The van der Waals surface area contributed by atoms with Crippen LogP contribution in [-0.2, 0) is 13.0 Å². The summed E-state index contributed by atoms with van der Waals surface area (Å²) in [5, 5.41) is 10.4. The molecule has 0 radical (unpaired) electrons. The average Bonchev–Trinajstić information content (AvgIpc) is 2.98. The molecule has 2 N–H and O–H groups in total. The molecule has 0 atom stereocenters. The standard InChI is InChI=1S/C17H23ClN4OS.HI/c1-4-19-17(20-8-7-15-11-24-12(2)22-15)21-10-13-5-6-14(18)9-16(13)23-3;/h5-6,9,11H,4,7-8,10H2,1-3H3,(H2,19,20,21);1H. The number of hydrogen-bond acceptors (Lipinski definition) is 4. The number of nitrogens with zero attached hydrogens (tertiary/aromatic N) is 2. The van der Waals surface area contributed by atoms with Gasteiger partial charge in [0.15, 0.2) is 5.96 Å². The molecule has 2 aromatic rings. The average molecular weight is 495 g/mol. The third-order valence-electron chi connectivity index (χ3n) is 3.34. The Bertz CT molecular complexity index is 693. The summed E-state index contributed by atoms with van der Waals surface area (Å²) in [6, 6.07) is 5.59. The number of hydrogen-bond donors (Lipinski definition) is 2. The Morgan fingerprint density at radius 2 is 2.16 bits per heavy atom. The first-order chi connectivity index (χ1) is 11.6. The number of guanidine groups is 1. The Hall–Kier alpha value is -1.06. The van der Waals surface area contributed by atoms with Crippen LogP contribution in [0.5, 0.6) is 5.75 Å². The zero-order valence-electron chi connectivity index (χ0n) is 14.6. The van der Waals surface area contributed by atoms with Gasteiger partial charge in [0.05, 0.1) is 24.4 Å². The monoisotopic (exact) mass is 494 g/mol. The second kappa shape index (κ2) is 11.5. The van der Waals surface area contributed by atoms with Crippen LogP contribution in [-0.4, -0.2) is 31.1 Å². The van der Waals surface area contributed by atoms with Crippen LogP contribution >= 0.6 is 46.9 Å². The number of benzene rings is 1. The largest absolute Gasteiger partial charge is 0.496 e. The van der Waals surface area contributed by atoms with Gasteiger partial charge in [-0.15, -0.1) is 35.3 Å². The van der Waals surface area contributed by atoms with Crippen LogP contribution < -0.4 is 15.4 Å². The number of ether oxygens (including phenoxy) is 1. The number of thiazole rings is 1. The first kappa shape index (κ1) is 22.0. The van der Waals surface area contributed by atoms with E-state index in [-0.39, 0.29) is 24.0 Å². The molecular formula is C17H24ClIN4OS. The van der Waals surface area contributed by atoms with Gasteiger partial charge in [0.25, 0.3) is 0 Å². The van der Waals surface area contributed by atoms with Crippen molar-refractivity contribution in [3.05, 3.63) is 44.9 Å². The van der Waals surface area contributed by atoms with Crippen LogP contribution in [0.1, 0.15) is 23.2 Å². The molecule has 0 fully saturated rings. The van der Waals surface area contributed by atoms with Crippen molar-refractivity contribution in [1.82, 2.24) is 15.6 Å². The minimum absolute atomic E-state index is 0. The predicted molar refractivity (Wildman–Crippen MR) is 117 cm³/mol. The molecule has 138 valence electrons. The van der Waals surface area contributed by atoms with Gasteiger partial charge in [-0.05, 0) is 26.0 Å². The maximum Gasteiger partial charge on any atom is 0.191 e. The first-order valence-corrected chi connectivity index (χ1v) is 9.13. The molecule has 2 rings (SSSR count). The lowest BCUT2D eigenvalue weighted by atomic mass is 10.2. The van der Waals surface area contributed by atoms with Crippen molar-refractivity contribution in [2.45, 2.75) is 26.8 Å². The number of rotatable bonds is 7. The van der Waals surface area contributed by atoms with Gasteiger partial charge in [-0.25, -0.2) is 9.98 Å². The minimum Gasteiger partial charge on any atom is -0.496 e. The van der Waals surface area contributed by atoms with Crippen LogP contribution in [0.4, 0.5) is 0 Å². The quantitative estimate of drug-likeness (QED) is 0.347. The van der Waals surface area contributed by atoms with Crippen molar-refractivity contribution in [1.29, 1.82) is 0 Å². The number of aryl methyl sites for hydroxylation is 1. The number of nitrogens with one attached hydrogen (secondary N) is 2. The van der Waals surface area contributed by atoms with E-state index in [1.54, 1.807) is 24.5 Å². The van der Waals surface area contributed by atoms with E-state index in [2.05, 4.69) is 26.0 Å². The van der Waals surface area contributed by atoms with E-state index < -0.39 is 0 Å². The highest BCUT2D eigenvalue weighted by molar-refractivity contribution is 14.0. The molecule has 1 aromatic carbocycles. The summed E-state index contributed by atoms with van der Waals surface area (Å²) in [6.45, 7) is 6.17. The zero-order chi connectivity index (χ0) is 17.4. The molecule has 5 nitrogen and oxygen atoms in total. The van der Waals surface area contributed by atoms with Gasteiger partial charge in [-0.2, -0.15) is 0 Å². The second-order valence-electron chi connectivity index (χ2n) is 5.19. The highest BCUT2D eigenvalue weighted by Crippen LogP contribution is 2.23. The molecule has 0 spiro atoms. The molecule has 0 amide bonds. The van der Waals surface area contributed by atoms with Crippen molar-refractivity contribution >= 4 is 52.9 Å². The van der Waals surface area contributed by atoms with E-state index in [4.69, 9.17) is 16.3 Å². The molecular weight excluding hydrogens is 471 g/mol. The summed E-state index contributed by atoms with van der Waals surface area (Å²) in [6.07, 6.45) is 0.874. The topological polar surface area (TPSA) is 58.5 Å². The van der Waals surface area contributed by atoms with Crippen molar-refractivity contribution < 1.29 is 4.74 Å². The lowest BCUT2D eigenvalue weighted by Gasteiger charge is -2.12. The maximum absolute atomic E-state index is 5.99. The molecule has 0 aliphatic heterocycles. The van der Waals surface area contributed by atoms with Crippen LogP contribution in [0, 0.1) is 6.92 Å². The fraction of sp³-hybridized carbons (Fsp3) is 0.412. The van der Waals surface area contributed by atoms with Crippen LogP contribution in [0.3, 0.4) is 0 Å². The number of aromatic nitrogens is 1. The first-order valence-electron chi connectivity index (χ1n) is 7.88. The molecule has 0 unspecified atom stereocenters. The Balaban J connectivity index is 0.00000312. The molecule has 0 bridgehead atoms. The molecule has 1 aromatic heterocycles. The molecule has 0 aliphatic rings. The van der Waals surface area contributed by atoms with Gasteiger partial charge in [0.1, 0.15) is 5.75 Å². The Labute approximate surface area is 175 Å². The summed E-state index contributed by atoms with van der Waals surface area (Å²) < 4.78 is 5.36. The zero-order valence-corrected chi connectivity index (χ0v) is 18.5. The molecule has 0 aliphatic carbocycles. The Kier molecular flexibility index (Phi) is 10.1. The lowest BCUT2D eigenvalue weighted by Crippen LogP contribution is -2.38. The van der Waals surface area contributed by atoms with E-state index in [1.165, 1.54) is 0 Å². The smallest absolute Gasteiger partial charge is 0.191 e. The van der Waals surface area contributed by atoms with Crippen molar-refractivity contribution in [3.63, 3.8) is 0 Å². The highest BCUT2D eigenvalue weighted by Gasteiger charge is 2.05. The summed E-state index contributed by atoms with van der Waals surface area (Å²) in [5.74, 6) is 1.53. The summed E-state index contributed by atoms with van der Waals surface area (Å²) in [7, 11) is 1.64. The van der Waals surface area contributed by atoms with Gasteiger partial charge < -0.3 is 15.4 Å². The summed E-state index contributed by atoms with van der Waals surface area (Å²) in [5.41, 5.74) is 2.11. The normalized spacial score (nSPS) is 11.0. The van der Waals surface area contributed by atoms with Crippen molar-refractivity contribution in [2.24, 2.45) is 4.99 Å². The van der Waals surface area contributed by atoms with Gasteiger partial charge in [0.2, 0.25) is 0 Å². The van der Waals surface area contributed by atoms with E-state index in [9.17, 15) is 0 Å². The van der Waals surface area contributed by atoms with Gasteiger partial charge in [-0.1, -0.05) is 17.7 Å². The molecule has 0 saturated carbocycles. The third-order valence-corrected chi connectivity index (χ3v) is 4.40. The van der Waals surface area contributed by atoms with Crippen LogP contribution in [0.25, 0.3) is 0 Å². The minimum atomic E-state index is 0. The van der Waals surface area contributed by atoms with E-state index in [0.29, 0.717) is 11.6 Å². The van der Waals surface area contributed by atoms with Crippen molar-refractivity contribution in [3.8, 4) is 5.75 Å². The predicted octanol–water partition coefficient (Wildman–Crippen LogP) is 4.03.